The lowest BCUT2D eigenvalue weighted by atomic mass is 10.2. The molecule has 1 N–H and O–H groups in total. The molecule has 0 atom stereocenters. The topological polar surface area (TPSA) is 64.7 Å². The lowest BCUT2D eigenvalue weighted by Gasteiger charge is -2.07. The number of para-hydroxylation sites is 2. The van der Waals surface area contributed by atoms with Crippen LogP contribution >= 0.6 is 11.3 Å². The van der Waals surface area contributed by atoms with Gasteiger partial charge in [-0.3, -0.25) is 14.0 Å². The quantitative estimate of drug-likeness (QED) is 0.416. The highest BCUT2D eigenvalue weighted by atomic mass is 32.1. The molecule has 0 unspecified atom stereocenters. The van der Waals surface area contributed by atoms with Crippen molar-refractivity contribution in [3.05, 3.63) is 71.5 Å². The Morgan fingerprint density at radius 1 is 1.10 bits per heavy atom. The first-order valence-electron chi connectivity index (χ1n) is 9.19. The summed E-state index contributed by atoms with van der Waals surface area (Å²) in [6.07, 6.45) is -2.86. The highest BCUT2D eigenvalue weighted by molar-refractivity contribution is 7.20. The molecule has 5 aromatic rings. The van der Waals surface area contributed by atoms with Crippen molar-refractivity contribution in [3.8, 4) is 5.69 Å². The maximum atomic E-state index is 13.2. The van der Waals surface area contributed by atoms with Gasteiger partial charge in [0, 0.05) is 23.8 Å². The molecule has 3 aromatic heterocycles. The number of hydrogen-bond acceptors (Lipinski definition) is 4. The SMILES string of the molecule is Cn1nc(C(F)(F)F)c2cc(C(=O)Nc3ccc(-n4cnc5ccccc54)cc3)sc21. The molecule has 0 aliphatic rings. The Bertz CT molecular complexity index is 1430. The fourth-order valence-electron chi connectivity index (χ4n) is 3.43. The van der Waals surface area contributed by atoms with E-state index >= 15 is 0 Å². The maximum absolute atomic E-state index is 13.2. The first kappa shape index (κ1) is 19.3. The average Bonchev–Trinajstić information content (AvgIpc) is 3.43. The van der Waals surface area contributed by atoms with Gasteiger partial charge < -0.3 is 5.32 Å². The molecule has 156 valence electrons. The number of thiophene rings is 1. The van der Waals surface area contributed by atoms with Crippen molar-refractivity contribution in [2.75, 3.05) is 5.32 Å². The molecule has 0 fully saturated rings. The van der Waals surface area contributed by atoms with Gasteiger partial charge in [0.15, 0.2) is 5.69 Å². The maximum Gasteiger partial charge on any atom is 0.435 e. The lowest BCUT2D eigenvalue weighted by Crippen LogP contribution is -2.10. The van der Waals surface area contributed by atoms with Crippen molar-refractivity contribution >= 4 is 44.2 Å². The summed E-state index contributed by atoms with van der Waals surface area (Å²) < 4.78 is 42.6. The number of aromatic nitrogens is 4. The molecule has 2 aromatic carbocycles. The summed E-state index contributed by atoms with van der Waals surface area (Å²) in [6.45, 7) is 0. The molecule has 6 nitrogen and oxygen atoms in total. The Morgan fingerprint density at radius 2 is 1.84 bits per heavy atom. The standard InChI is InChI=1S/C21H14F3N5OS/c1-28-20-14(18(27-28)21(22,23)24)10-17(31-20)19(30)26-12-6-8-13(9-7-12)29-11-25-15-4-2-3-5-16(15)29/h2-11H,1H3,(H,26,30). The summed E-state index contributed by atoms with van der Waals surface area (Å²) in [7, 11) is 1.42. The van der Waals surface area contributed by atoms with Crippen LogP contribution in [-0.2, 0) is 13.2 Å². The molecule has 0 saturated carbocycles. The Kier molecular flexibility index (Phi) is 4.33. The molecule has 0 aliphatic carbocycles. The van der Waals surface area contributed by atoms with Crippen molar-refractivity contribution in [2.24, 2.45) is 7.05 Å². The highest BCUT2D eigenvalue weighted by Gasteiger charge is 2.37. The molecule has 0 saturated heterocycles. The van der Waals surface area contributed by atoms with E-state index in [1.54, 1.807) is 18.5 Å². The van der Waals surface area contributed by atoms with Crippen LogP contribution in [0.15, 0.2) is 60.9 Å². The van der Waals surface area contributed by atoms with E-state index in [1.165, 1.54) is 13.1 Å². The van der Waals surface area contributed by atoms with Crippen LogP contribution in [0.2, 0.25) is 0 Å². The van der Waals surface area contributed by atoms with E-state index in [0.717, 1.165) is 32.7 Å². The smallest absolute Gasteiger partial charge is 0.321 e. The fourth-order valence-corrected chi connectivity index (χ4v) is 4.39. The van der Waals surface area contributed by atoms with Gasteiger partial charge in [-0.1, -0.05) is 12.1 Å². The molecular formula is C21H14F3N5OS. The van der Waals surface area contributed by atoms with Crippen LogP contribution in [0.1, 0.15) is 15.4 Å². The Labute approximate surface area is 177 Å². The van der Waals surface area contributed by atoms with Gasteiger partial charge in [0.25, 0.3) is 5.91 Å². The average molecular weight is 441 g/mol. The second-order valence-corrected chi connectivity index (χ2v) is 7.93. The summed E-state index contributed by atoms with van der Waals surface area (Å²) in [5.41, 5.74) is 2.24. The van der Waals surface area contributed by atoms with Crippen molar-refractivity contribution < 1.29 is 18.0 Å². The van der Waals surface area contributed by atoms with Crippen molar-refractivity contribution in [2.45, 2.75) is 6.18 Å². The van der Waals surface area contributed by atoms with Crippen LogP contribution in [-0.4, -0.2) is 25.2 Å². The lowest BCUT2D eigenvalue weighted by molar-refractivity contribution is -0.140. The summed E-state index contributed by atoms with van der Waals surface area (Å²) in [4.78, 5) is 17.4. The fraction of sp³-hybridized carbons (Fsp3) is 0.0952. The molecule has 0 spiro atoms. The van der Waals surface area contributed by atoms with E-state index < -0.39 is 17.8 Å². The van der Waals surface area contributed by atoms with E-state index in [4.69, 9.17) is 0 Å². The molecule has 0 bridgehead atoms. The number of halogens is 3. The molecular weight excluding hydrogens is 427 g/mol. The van der Waals surface area contributed by atoms with Crippen LogP contribution in [0, 0.1) is 0 Å². The number of rotatable bonds is 3. The predicted molar refractivity (Wildman–Crippen MR) is 113 cm³/mol. The summed E-state index contributed by atoms with van der Waals surface area (Å²) in [6, 6.07) is 16.1. The minimum atomic E-state index is -4.58. The zero-order valence-electron chi connectivity index (χ0n) is 16.0. The van der Waals surface area contributed by atoms with Crippen LogP contribution < -0.4 is 5.32 Å². The number of carbonyl (C=O) groups is 1. The zero-order chi connectivity index (χ0) is 21.8. The molecule has 31 heavy (non-hydrogen) atoms. The van der Waals surface area contributed by atoms with E-state index in [1.807, 2.05) is 41.0 Å². The molecule has 5 rings (SSSR count). The first-order chi connectivity index (χ1) is 14.8. The van der Waals surface area contributed by atoms with Gasteiger partial charge in [0.1, 0.15) is 11.2 Å². The monoisotopic (exact) mass is 441 g/mol. The number of fused-ring (bicyclic) bond motifs is 2. The number of hydrogen-bond donors (Lipinski definition) is 1. The number of nitrogens with zero attached hydrogens (tertiary/aromatic N) is 4. The van der Waals surface area contributed by atoms with Gasteiger partial charge in [0.05, 0.1) is 15.9 Å². The van der Waals surface area contributed by atoms with Gasteiger partial charge in [-0.15, -0.1) is 11.3 Å². The summed E-state index contributed by atoms with van der Waals surface area (Å²) >= 11 is 0.967. The van der Waals surface area contributed by atoms with E-state index in [9.17, 15) is 18.0 Å². The third-order valence-corrected chi connectivity index (χ3v) is 6.06. The van der Waals surface area contributed by atoms with Gasteiger partial charge in [-0.25, -0.2) is 4.98 Å². The van der Waals surface area contributed by atoms with Crippen molar-refractivity contribution in [1.82, 2.24) is 19.3 Å². The number of nitrogens with one attached hydrogen (secondary N) is 1. The normalized spacial score (nSPS) is 12.0. The van der Waals surface area contributed by atoms with E-state index in [2.05, 4.69) is 15.4 Å². The van der Waals surface area contributed by atoms with Crippen molar-refractivity contribution in [1.29, 1.82) is 0 Å². The third-order valence-electron chi connectivity index (χ3n) is 4.86. The molecule has 10 heteroatoms. The second-order valence-electron chi connectivity index (χ2n) is 6.90. The van der Waals surface area contributed by atoms with Crippen LogP contribution in [0.3, 0.4) is 0 Å². The largest absolute Gasteiger partial charge is 0.435 e. The summed E-state index contributed by atoms with van der Waals surface area (Å²) in [5.74, 6) is -0.477. The second kappa shape index (κ2) is 6.95. The third kappa shape index (κ3) is 3.34. The molecule has 0 aliphatic heterocycles. The number of anilines is 1. The Hall–Kier alpha value is -3.66. The molecule has 1 amide bonds. The van der Waals surface area contributed by atoms with E-state index in [0.29, 0.717) is 10.5 Å². The number of benzene rings is 2. The first-order valence-corrected chi connectivity index (χ1v) is 10.0. The van der Waals surface area contributed by atoms with Crippen LogP contribution in [0.5, 0.6) is 0 Å². The minimum absolute atomic E-state index is 0.0764. The van der Waals surface area contributed by atoms with Crippen molar-refractivity contribution in [3.63, 3.8) is 0 Å². The number of amides is 1. The van der Waals surface area contributed by atoms with Gasteiger partial charge in [0.2, 0.25) is 0 Å². The van der Waals surface area contributed by atoms with Crippen LogP contribution in [0.25, 0.3) is 26.9 Å². The van der Waals surface area contributed by atoms with Gasteiger partial charge in [-0.2, -0.15) is 18.3 Å². The zero-order valence-corrected chi connectivity index (χ0v) is 16.8. The highest BCUT2D eigenvalue weighted by Crippen LogP contribution is 2.37. The van der Waals surface area contributed by atoms with E-state index in [-0.39, 0.29) is 10.3 Å². The molecule has 3 heterocycles. The molecule has 0 radical (unpaired) electrons. The number of aryl methyl sites for hydroxylation is 1. The predicted octanol–water partition coefficient (Wildman–Crippen LogP) is 5.24. The number of alkyl halides is 3. The minimum Gasteiger partial charge on any atom is -0.321 e. The Morgan fingerprint density at radius 3 is 2.58 bits per heavy atom. The summed E-state index contributed by atoms with van der Waals surface area (Å²) in [5, 5.41) is 6.18. The van der Waals surface area contributed by atoms with Crippen LogP contribution in [0.4, 0.5) is 18.9 Å². The van der Waals surface area contributed by atoms with Gasteiger partial charge in [-0.05, 0) is 42.5 Å². The van der Waals surface area contributed by atoms with Gasteiger partial charge >= 0.3 is 6.18 Å². The number of imidazole rings is 1. The Balaban J connectivity index is 1.40. The number of carbonyl (C=O) groups excluding carboxylic acids is 1.